The molecule has 3 heterocycles. The Morgan fingerprint density at radius 2 is 2.14 bits per heavy atom. The Labute approximate surface area is 202 Å². The van der Waals surface area contributed by atoms with Crippen LogP contribution in [0.3, 0.4) is 0 Å². The van der Waals surface area contributed by atoms with Gasteiger partial charge in [0.1, 0.15) is 12.2 Å². The third kappa shape index (κ3) is 4.97. The highest BCUT2D eigenvalue weighted by atomic mass is 19.1. The van der Waals surface area contributed by atoms with Crippen molar-refractivity contribution >= 4 is 17.1 Å². The van der Waals surface area contributed by atoms with Crippen molar-refractivity contribution in [3.05, 3.63) is 59.7 Å². The number of hydrogen-bond acceptors (Lipinski definition) is 7. The van der Waals surface area contributed by atoms with Crippen molar-refractivity contribution in [1.82, 2.24) is 14.6 Å². The van der Waals surface area contributed by atoms with Gasteiger partial charge in [0, 0.05) is 30.0 Å². The highest BCUT2D eigenvalue weighted by Crippen LogP contribution is 2.38. The van der Waals surface area contributed by atoms with E-state index in [1.807, 2.05) is 12.1 Å². The Kier molecular flexibility index (Phi) is 6.74. The highest BCUT2D eigenvalue weighted by Gasteiger charge is 2.38. The molecule has 0 spiro atoms. The van der Waals surface area contributed by atoms with Crippen molar-refractivity contribution in [2.75, 3.05) is 11.4 Å². The maximum Gasteiger partial charge on any atom is 0.252 e. The van der Waals surface area contributed by atoms with Gasteiger partial charge in [-0.25, -0.2) is 8.91 Å². The van der Waals surface area contributed by atoms with Gasteiger partial charge in [0.25, 0.3) is 5.91 Å². The molecule has 4 atom stereocenters. The first kappa shape index (κ1) is 24.6. The van der Waals surface area contributed by atoms with Crippen LogP contribution in [-0.4, -0.2) is 61.2 Å². The van der Waals surface area contributed by atoms with Crippen LogP contribution in [0.5, 0.6) is 0 Å². The molecule has 0 radical (unpaired) electrons. The second kappa shape index (κ2) is 9.60. The monoisotopic (exact) mass is 480 g/mol. The molecule has 0 aliphatic heterocycles. The molecular formula is C25H29FN6O3. The fourth-order valence-corrected chi connectivity index (χ4v) is 4.76. The number of fused-ring (bicyclic) bond motifs is 1. The summed E-state index contributed by atoms with van der Waals surface area (Å²) < 4.78 is 16.9. The number of carbonyl (C=O) groups excluding carboxylic acids is 1. The molecule has 1 saturated carbocycles. The van der Waals surface area contributed by atoms with E-state index in [1.165, 1.54) is 32.4 Å². The molecule has 1 fully saturated rings. The number of nitrogens with zero attached hydrogens (tertiary/aromatic N) is 5. The van der Waals surface area contributed by atoms with Gasteiger partial charge in [-0.15, -0.1) is 0 Å². The van der Waals surface area contributed by atoms with Crippen molar-refractivity contribution in [1.29, 1.82) is 5.26 Å². The van der Waals surface area contributed by atoms with E-state index in [0.29, 0.717) is 30.5 Å². The first-order valence-electron chi connectivity index (χ1n) is 11.5. The van der Waals surface area contributed by atoms with Crippen LogP contribution in [0.2, 0.25) is 0 Å². The summed E-state index contributed by atoms with van der Waals surface area (Å²) in [6.07, 6.45) is 3.54. The lowest BCUT2D eigenvalue weighted by atomic mass is 9.80. The van der Waals surface area contributed by atoms with Crippen molar-refractivity contribution in [3.8, 4) is 6.07 Å². The molecule has 0 saturated heterocycles. The quantitative estimate of drug-likeness (QED) is 0.471. The molecule has 1 aliphatic rings. The number of nitrogens with two attached hydrogens (primary N) is 1. The van der Waals surface area contributed by atoms with Crippen LogP contribution in [0.15, 0.2) is 42.9 Å². The van der Waals surface area contributed by atoms with Crippen LogP contribution in [0.25, 0.3) is 5.52 Å². The molecule has 4 N–H and O–H groups in total. The lowest BCUT2D eigenvalue weighted by Gasteiger charge is -2.42. The largest absolute Gasteiger partial charge is 0.392 e. The Morgan fingerprint density at radius 3 is 2.83 bits per heavy atom. The summed E-state index contributed by atoms with van der Waals surface area (Å²) in [6.45, 7) is 2.64. The van der Waals surface area contributed by atoms with E-state index in [2.05, 4.69) is 16.2 Å². The lowest BCUT2D eigenvalue weighted by molar-refractivity contribution is -0.00118. The van der Waals surface area contributed by atoms with E-state index in [9.17, 15) is 15.0 Å². The summed E-state index contributed by atoms with van der Waals surface area (Å²) in [7, 11) is 0. The SMILES string of the molecule is CC(C)(O)[C@H](F)CN(c1ccncc1C(N)=O)[C@H]1CC[C@H](O)[C@H](c2ccc3cc(C#N)cnn23)C1. The van der Waals surface area contributed by atoms with Gasteiger partial charge < -0.3 is 20.8 Å². The number of aromatic nitrogens is 3. The van der Waals surface area contributed by atoms with Crippen molar-refractivity contribution in [2.24, 2.45) is 5.73 Å². The van der Waals surface area contributed by atoms with Crippen LogP contribution in [0.4, 0.5) is 10.1 Å². The van der Waals surface area contributed by atoms with E-state index in [1.54, 1.807) is 21.5 Å². The molecule has 3 aromatic heterocycles. The maximum atomic E-state index is 15.1. The average Bonchev–Trinajstić information content (AvgIpc) is 3.25. The number of alkyl halides is 1. The number of pyridine rings is 1. The fourth-order valence-electron chi connectivity index (χ4n) is 4.76. The number of aliphatic hydroxyl groups excluding tert-OH is 1. The topological polar surface area (TPSA) is 141 Å². The second-order valence-electron chi connectivity index (χ2n) is 9.62. The van der Waals surface area contributed by atoms with Crippen LogP contribution >= 0.6 is 0 Å². The first-order chi connectivity index (χ1) is 16.6. The Balaban J connectivity index is 1.72. The van der Waals surface area contributed by atoms with Gasteiger partial charge in [0.05, 0.1) is 46.8 Å². The zero-order valence-corrected chi connectivity index (χ0v) is 19.7. The maximum absolute atomic E-state index is 15.1. The third-order valence-electron chi connectivity index (χ3n) is 6.76. The Hall–Kier alpha value is -3.55. The molecule has 0 bridgehead atoms. The van der Waals surface area contributed by atoms with Gasteiger partial charge in [-0.05, 0) is 57.4 Å². The highest BCUT2D eigenvalue weighted by molar-refractivity contribution is 5.98. The molecule has 4 rings (SSSR count). The molecule has 10 heteroatoms. The first-order valence-corrected chi connectivity index (χ1v) is 11.5. The van der Waals surface area contributed by atoms with Gasteiger partial charge in [-0.3, -0.25) is 9.78 Å². The minimum Gasteiger partial charge on any atom is -0.392 e. The second-order valence-corrected chi connectivity index (χ2v) is 9.62. The number of hydrogen-bond donors (Lipinski definition) is 3. The van der Waals surface area contributed by atoms with E-state index in [0.717, 1.165) is 11.2 Å². The van der Waals surface area contributed by atoms with E-state index in [4.69, 9.17) is 11.0 Å². The summed E-state index contributed by atoms with van der Waals surface area (Å²) >= 11 is 0. The summed E-state index contributed by atoms with van der Waals surface area (Å²) in [5.74, 6) is -1.00. The number of rotatable bonds is 7. The standard InChI is InChI=1S/C25H29FN6O3/c1-25(2,35)23(26)14-31(20-7-8-29-13-19(20)24(28)34)16-4-6-22(33)18(10-16)21-5-3-17-9-15(11-27)12-30-32(17)21/h3,5,7-9,12-13,16,18,22-23,33,35H,4,6,10,14H2,1-2H3,(H2,28,34)/t16-,18-,22-,23+/m0/s1. The van der Waals surface area contributed by atoms with Gasteiger partial charge in [-0.2, -0.15) is 10.4 Å². The third-order valence-corrected chi connectivity index (χ3v) is 6.76. The van der Waals surface area contributed by atoms with Crippen molar-refractivity contribution in [2.45, 2.75) is 62.9 Å². The van der Waals surface area contributed by atoms with Gasteiger partial charge >= 0.3 is 0 Å². The van der Waals surface area contributed by atoms with Crippen LogP contribution in [0, 0.1) is 11.3 Å². The molecule has 0 aromatic carbocycles. The van der Waals surface area contributed by atoms with E-state index in [-0.39, 0.29) is 24.1 Å². The summed E-state index contributed by atoms with van der Waals surface area (Å²) in [6, 6.07) is 8.88. The van der Waals surface area contributed by atoms with Crippen molar-refractivity contribution < 1.29 is 19.4 Å². The molecule has 1 aliphatic carbocycles. The number of anilines is 1. The number of amides is 1. The Morgan fingerprint density at radius 1 is 1.37 bits per heavy atom. The van der Waals surface area contributed by atoms with Gasteiger partial charge in [-0.1, -0.05) is 0 Å². The van der Waals surface area contributed by atoms with Crippen molar-refractivity contribution in [3.63, 3.8) is 0 Å². The normalized spacial score (nSPS) is 21.4. The number of aliphatic hydroxyl groups is 2. The fraction of sp³-hybridized carbons (Fsp3) is 0.440. The van der Waals surface area contributed by atoms with E-state index < -0.39 is 23.8 Å². The molecule has 35 heavy (non-hydrogen) atoms. The summed E-state index contributed by atoms with van der Waals surface area (Å²) in [4.78, 5) is 17.9. The molecule has 0 unspecified atom stereocenters. The van der Waals surface area contributed by atoms with Crippen LogP contribution in [0.1, 0.15) is 60.6 Å². The zero-order valence-electron chi connectivity index (χ0n) is 19.7. The number of carbonyl (C=O) groups is 1. The molecule has 1 amide bonds. The molecule has 184 valence electrons. The smallest absolute Gasteiger partial charge is 0.252 e. The summed E-state index contributed by atoms with van der Waals surface area (Å²) in [5.41, 5.74) is 6.56. The van der Waals surface area contributed by atoms with Crippen LogP contribution in [-0.2, 0) is 0 Å². The molecular weight excluding hydrogens is 451 g/mol. The minimum absolute atomic E-state index is 0.164. The average molecular weight is 481 g/mol. The molecule has 9 nitrogen and oxygen atoms in total. The number of halogens is 1. The minimum atomic E-state index is -1.61. The number of primary amides is 1. The Bertz CT molecular complexity index is 1260. The van der Waals surface area contributed by atoms with Crippen LogP contribution < -0.4 is 10.6 Å². The predicted molar refractivity (Wildman–Crippen MR) is 128 cm³/mol. The van der Waals surface area contributed by atoms with Gasteiger partial charge in [0.2, 0.25) is 0 Å². The van der Waals surface area contributed by atoms with Gasteiger partial charge in [0.15, 0.2) is 0 Å². The summed E-state index contributed by atoms with van der Waals surface area (Å²) in [5, 5.41) is 34.7. The zero-order chi connectivity index (χ0) is 25.3. The lowest BCUT2D eigenvalue weighted by Crippen LogP contribution is -2.49. The van der Waals surface area contributed by atoms with E-state index >= 15 is 4.39 Å². The predicted octanol–water partition coefficient (Wildman–Crippen LogP) is 2.31. The molecule has 3 aromatic rings. The number of nitriles is 1.